The fourth-order valence-corrected chi connectivity index (χ4v) is 1.02. The summed E-state index contributed by atoms with van der Waals surface area (Å²) in [6, 6.07) is 5.80. The summed E-state index contributed by atoms with van der Waals surface area (Å²) in [6.07, 6.45) is 3.11. The molecule has 0 aromatic heterocycles. The number of terminal acetylenes is 1. The van der Waals surface area contributed by atoms with E-state index in [2.05, 4.69) is 15.4 Å². The number of carbonyl (C=O) groups excluding carboxylic acids is 1. The van der Waals surface area contributed by atoms with E-state index in [1.807, 2.05) is 0 Å². The van der Waals surface area contributed by atoms with Crippen LogP contribution in [-0.4, -0.2) is 13.3 Å². The van der Waals surface area contributed by atoms with Crippen molar-refractivity contribution in [2.24, 2.45) is 0 Å². The lowest BCUT2D eigenvalue weighted by Crippen LogP contribution is -2.11. The smallest absolute Gasteiger partial charge is 0.438 e. The van der Waals surface area contributed by atoms with E-state index in [0.717, 1.165) is 7.11 Å². The summed E-state index contributed by atoms with van der Waals surface area (Å²) in [5, 5.41) is 0. The topological polar surface area (TPSA) is 35.5 Å². The van der Waals surface area contributed by atoms with Crippen LogP contribution in [0.3, 0.4) is 0 Å². The molecular formula is C11H9FO3. The molecule has 0 radical (unpaired) electrons. The molecule has 0 heterocycles. The summed E-state index contributed by atoms with van der Waals surface area (Å²) < 4.78 is 22.2. The van der Waals surface area contributed by atoms with Crippen molar-refractivity contribution >= 4 is 6.16 Å². The molecule has 3 nitrogen and oxygen atoms in total. The third-order valence-corrected chi connectivity index (χ3v) is 1.72. The molecule has 78 valence electrons. The minimum Gasteiger partial charge on any atom is -0.438 e. The molecule has 0 spiro atoms. The molecule has 1 unspecified atom stereocenters. The van der Waals surface area contributed by atoms with Crippen LogP contribution in [0.4, 0.5) is 9.18 Å². The number of carbonyl (C=O) groups is 1. The standard InChI is InChI=1S/C11H9FO3/c1-3-10(15-11(13)14-2)8-6-4-5-7-9(8)12/h1,4-7,10H,2H3. The van der Waals surface area contributed by atoms with E-state index in [0.29, 0.717) is 0 Å². The van der Waals surface area contributed by atoms with Crippen molar-refractivity contribution in [2.45, 2.75) is 6.10 Å². The van der Waals surface area contributed by atoms with Crippen molar-refractivity contribution in [3.05, 3.63) is 35.6 Å². The molecule has 0 saturated heterocycles. The lowest BCUT2D eigenvalue weighted by Gasteiger charge is -2.11. The number of rotatable bonds is 2. The molecule has 0 aliphatic heterocycles. The highest BCUT2D eigenvalue weighted by molar-refractivity contribution is 5.60. The summed E-state index contributed by atoms with van der Waals surface area (Å²) >= 11 is 0. The molecule has 0 aliphatic rings. The Hall–Kier alpha value is -2.02. The molecule has 0 bridgehead atoms. The monoisotopic (exact) mass is 208 g/mol. The van der Waals surface area contributed by atoms with Gasteiger partial charge in [-0.1, -0.05) is 24.1 Å². The molecule has 1 aromatic carbocycles. The normalized spacial score (nSPS) is 11.3. The second-order valence-corrected chi connectivity index (χ2v) is 2.64. The maximum Gasteiger partial charge on any atom is 0.509 e. The molecule has 0 N–H and O–H groups in total. The van der Waals surface area contributed by atoms with Crippen molar-refractivity contribution in [3.8, 4) is 12.3 Å². The number of ether oxygens (including phenoxy) is 2. The minimum absolute atomic E-state index is 0.130. The van der Waals surface area contributed by atoms with Crippen LogP contribution in [0.2, 0.25) is 0 Å². The van der Waals surface area contributed by atoms with Gasteiger partial charge in [-0.2, -0.15) is 0 Å². The predicted octanol–water partition coefficient (Wildman–Crippen LogP) is 2.28. The van der Waals surface area contributed by atoms with E-state index in [1.165, 1.54) is 18.2 Å². The minimum atomic E-state index is -1.07. The highest BCUT2D eigenvalue weighted by Gasteiger charge is 2.17. The molecule has 15 heavy (non-hydrogen) atoms. The zero-order valence-electron chi connectivity index (χ0n) is 8.07. The van der Waals surface area contributed by atoms with Gasteiger partial charge in [-0.25, -0.2) is 9.18 Å². The van der Waals surface area contributed by atoms with Gasteiger partial charge in [0.1, 0.15) is 5.82 Å². The van der Waals surface area contributed by atoms with Gasteiger partial charge in [0.25, 0.3) is 0 Å². The Morgan fingerprint density at radius 2 is 2.20 bits per heavy atom. The van der Waals surface area contributed by atoms with Gasteiger partial charge in [0.2, 0.25) is 0 Å². The molecule has 0 saturated carbocycles. The summed E-state index contributed by atoms with van der Waals surface area (Å²) in [4.78, 5) is 10.8. The van der Waals surface area contributed by atoms with E-state index < -0.39 is 18.1 Å². The Balaban J connectivity index is 2.89. The third kappa shape index (κ3) is 2.71. The van der Waals surface area contributed by atoms with Gasteiger partial charge in [0.05, 0.1) is 7.11 Å². The maximum atomic E-state index is 13.3. The third-order valence-electron chi connectivity index (χ3n) is 1.72. The molecule has 0 amide bonds. The second kappa shape index (κ2) is 5.01. The van der Waals surface area contributed by atoms with Crippen LogP contribution in [0.25, 0.3) is 0 Å². The predicted molar refractivity (Wildman–Crippen MR) is 51.5 cm³/mol. The Bertz CT molecular complexity index is 395. The van der Waals surface area contributed by atoms with E-state index in [9.17, 15) is 9.18 Å². The zero-order chi connectivity index (χ0) is 11.3. The van der Waals surface area contributed by atoms with Crippen molar-refractivity contribution < 1.29 is 18.7 Å². The summed E-state index contributed by atoms with van der Waals surface area (Å²) in [6.45, 7) is 0. The van der Waals surface area contributed by atoms with Crippen LogP contribution in [0.5, 0.6) is 0 Å². The Labute approximate surface area is 86.8 Å². The summed E-state index contributed by atoms with van der Waals surface area (Å²) in [5.41, 5.74) is 0.130. The molecule has 1 atom stereocenters. The van der Waals surface area contributed by atoms with Crippen LogP contribution in [-0.2, 0) is 9.47 Å². The fraction of sp³-hybridized carbons (Fsp3) is 0.182. The average molecular weight is 208 g/mol. The van der Waals surface area contributed by atoms with E-state index in [-0.39, 0.29) is 5.56 Å². The highest BCUT2D eigenvalue weighted by atomic mass is 19.1. The average Bonchev–Trinajstić information content (AvgIpc) is 2.26. The van der Waals surface area contributed by atoms with Gasteiger partial charge in [-0.3, -0.25) is 0 Å². The fourth-order valence-electron chi connectivity index (χ4n) is 1.02. The summed E-state index contributed by atoms with van der Waals surface area (Å²) in [7, 11) is 1.15. The maximum absolute atomic E-state index is 13.3. The van der Waals surface area contributed by atoms with Crippen LogP contribution in [0.1, 0.15) is 11.7 Å². The van der Waals surface area contributed by atoms with E-state index in [1.54, 1.807) is 6.07 Å². The van der Waals surface area contributed by atoms with Crippen LogP contribution >= 0.6 is 0 Å². The summed E-state index contributed by atoms with van der Waals surface area (Å²) in [5.74, 6) is 1.64. The number of methoxy groups -OCH3 is 1. The van der Waals surface area contributed by atoms with Gasteiger partial charge in [0, 0.05) is 5.56 Å². The van der Waals surface area contributed by atoms with Crippen LogP contribution in [0.15, 0.2) is 24.3 Å². The van der Waals surface area contributed by atoms with Gasteiger partial charge >= 0.3 is 6.16 Å². The van der Waals surface area contributed by atoms with Gasteiger partial charge in [0.15, 0.2) is 6.10 Å². The Morgan fingerprint density at radius 3 is 2.73 bits per heavy atom. The van der Waals surface area contributed by atoms with Crippen molar-refractivity contribution in [2.75, 3.05) is 7.11 Å². The lowest BCUT2D eigenvalue weighted by molar-refractivity contribution is 0.0541. The zero-order valence-corrected chi connectivity index (χ0v) is 8.07. The SMILES string of the molecule is C#CC(OC(=O)OC)c1ccccc1F. The molecule has 0 aliphatic carbocycles. The molecular weight excluding hydrogens is 199 g/mol. The molecule has 1 rings (SSSR count). The van der Waals surface area contributed by atoms with Crippen molar-refractivity contribution in [1.29, 1.82) is 0 Å². The number of hydrogen-bond donors (Lipinski definition) is 0. The van der Waals surface area contributed by atoms with Crippen molar-refractivity contribution in [1.82, 2.24) is 0 Å². The van der Waals surface area contributed by atoms with Crippen LogP contribution < -0.4 is 0 Å². The molecule has 0 fully saturated rings. The molecule has 4 heteroatoms. The number of halogens is 1. The van der Waals surface area contributed by atoms with E-state index in [4.69, 9.17) is 6.42 Å². The second-order valence-electron chi connectivity index (χ2n) is 2.64. The first kappa shape index (κ1) is 11.1. The first-order valence-corrected chi connectivity index (χ1v) is 4.14. The van der Waals surface area contributed by atoms with Gasteiger partial charge in [-0.05, 0) is 6.07 Å². The molecule has 1 aromatic rings. The first-order valence-electron chi connectivity index (χ1n) is 4.14. The van der Waals surface area contributed by atoms with E-state index >= 15 is 0 Å². The quantitative estimate of drug-likeness (QED) is 0.552. The lowest BCUT2D eigenvalue weighted by atomic mass is 10.1. The largest absolute Gasteiger partial charge is 0.509 e. The van der Waals surface area contributed by atoms with Crippen molar-refractivity contribution in [3.63, 3.8) is 0 Å². The Kier molecular flexibility index (Phi) is 3.69. The van der Waals surface area contributed by atoms with Crippen LogP contribution in [0, 0.1) is 18.2 Å². The number of hydrogen-bond acceptors (Lipinski definition) is 3. The van der Waals surface area contributed by atoms with Gasteiger partial charge in [-0.15, -0.1) is 6.42 Å². The van der Waals surface area contributed by atoms with Gasteiger partial charge < -0.3 is 9.47 Å². The highest BCUT2D eigenvalue weighted by Crippen LogP contribution is 2.19. The first-order chi connectivity index (χ1) is 7.19. The Morgan fingerprint density at radius 1 is 1.53 bits per heavy atom. The number of benzene rings is 1.